The number of carbonyl (C=O) groups excluding carboxylic acids is 1. The Hall–Kier alpha value is -1.25. The van der Waals surface area contributed by atoms with Gasteiger partial charge in [0.1, 0.15) is 0 Å². The van der Waals surface area contributed by atoms with Crippen LogP contribution in [-0.4, -0.2) is 18.9 Å². The summed E-state index contributed by atoms with van der Waals surface area (Å²) in [5.74, 6) is 0.516. The molecule has 3 nitrogen and oxygen atoms in total. The highest BCUT2D eigenvalue weighted by Gasteiger charge is 2.18. The van der Waals surface area contributed by atoms with Crippen LogP contribution < -0.4 is 4.90 Å². The maximum Gasteiger partial charge on any atom is 0.197 e. The van der Waals surface area contributed by atoms with E-state index in [0.717, 1.165) is 18.8 Å². The van der Waals surface area contributed by atoms with E-state index >= 15 is 0 Å². The van der Waals surface area contributed by atoms with Crippen LogP contribution in [0, 0.1) is 0 Å². The van der Waals surface area contributed by atoms with Gasteiger partial charge in [-0.25, -0.2) is 0 Å². The third-order valence-electron chi connectivity index (χ3n) is 2.66. The van der Waals surface area contributed by atoms with E-state index in [0.29, 0.717) is 5.76 Å². The molecule has 1 aromatic heterocycles. The Kier molecular flexibility index (Phi) is 2.57. The van der Waals surface area contributed by atoms with Crippen molar-refractivity contribution in [2.75, 3.05) is 18.0 Å². The fourth-order valence-corrected chi connectivity index (χ4v) is 1.95. The summed E-state index contributed by atoms with van der Waals surface area (Å²) in [7, 11) is 0. The summed E-state index contributed by atoms with van der Waals surface area (Å²) >= 11 is 0. The Morgan fingerprint density at radius 2 is 2.07 bits per heavy atom. The highest BCUT2D eigenvalue weighted by Crippen LogP contribution is 2.25. The van der Waals surface area contributed by atoms with Crippen molar-refractivity contribution in [1.82, 2.24) is 0 Å². The molecule has 0 aromatic carbocycles. The van der Waals surface area contributed by atoms with Crippen molar-refractivity contribution < 1.29 is 9.21 Å². The molecule has 0 N–H and O–H groups in total. The van der Waals surface area contributed by atoms with Crippen molar-refractivity contribution in [2.24, 2.45) is 0 Å². The number of hydrogen-bond donors (Lipinski definition) is 0. The smallest absolute Gasteiger partial charge is 0.197 e. The van der Waals surface area contributed by atoms with E-state index in [1.54, 1.807) is 13.2 Å². The van der Waals surface area contributed by atoms with Gasteiger partial charge in [-0.1, -0.05) is 0 Å². The molecule has 0 radical (unpaired) electrons. The Bertz CT molecular complexity index is 324. The SMILES string of the molecule is CC(=O)c1occc1N1CCCCC1. The summed E-state index contributed by atoms with van der Waals surface area (Å²) in [6, 6.07) is 1.89. The van der Waals surface area contributed by atoms with Crippen LogP contribution in [0.15, 0.2) is 16.7 Å². The number of anilines is 1. The first kappa shape index (κ1) is 9.31. The molecule has 1 aliphatic heterocycles. The second-order valence-corrected chi connectivity index (χ2v) is 3.74. The first-order valence-corrected chi connectivity index (χ1v) is 5.12. The zero-order valence-electron chi connectivity index (χ0n) is 8.45. The van der Waals surface area contributed by atoms with Gasteiger partial charge in [-0.15, -0.1) is 0 Å². The molecule has 0 unspecified atom stereocenters. The van der Waals surface area contributed by atoms with Crippen LogP contribution >= 0.6 is 0 Å². The van der Waals surface area contributed by atoms with Crippen LogP contribution in [-0.2, 0) is 0 Å². The van der Waals surface area contributed by atoms with Gasteiger partial charge in [-0.2, -0.15) is 0 Å². The van der Waals surface area contributed by atoms with Gasteiger partial charge in [0.25, 0.3) is 0 Å². The number of Topliss-reactive ketones (excluding diaryl/α,β-unsaturated/α-hetero) is 1. The van der Waals surface area contributed by atoms with Crippen LogP contribution in [0.1, 0.15) is 36.7 Å². The highest BCUT2D eigenvalue weighted by atomic mass is 16.3. The van der Waals surface area contributed by atoms with Crippen molar-refractivity contribution in [3.05, 3.63) is 18.1 Å². The third kappa shape index (κ3) is 1.67. The van der Waals surface area contributed by atoms with Crippen LogP contribution in [0.4, 0.5) is 5.69 Å². The van der Waals surface area contributed by atoms with Crippen LogP contribution in [0.5, 0.6) is 0 Å². The molecule has 1 aromatic rings. The zero-order valence-corrected chi connectivity index (χ0v) is 8.45. The molecule has 0 saturated carbocycles. The predicted molar refractivity (Wildman–Crippen MR) is 54.8 cm³/mol. The van der Waals surface area contributed by atoms with Gasteiger partial charge >= 0.3 is 0 Å². The molecular weight excluding hydrogens is 178 g/mol. The van der Waals surface area contributed by atoms with Crippen molar-refractivity contribution in [3.8, 4) is 0 Å². The number of rotatable bonds is 2. The highest BCUT2D eigenvalue weighted by molar-refractivity contribution is 5.96. The van der Waals surface area contributed by atoms with E-state index in [1.165, 1.54) is 19.3 Å². The average Bonchev–Trinajstić information content (AvgIpc) is 2.67. The lowest BCUT2D eigenvalue weighted by Crippen LogP contribution is -2.30. The first-order valence-electron chi connectivity index (χ1n) is 5.12. The molecular formula is C11H15NO2. The van der Waals surface area contributed by atoms with Crippen LogP contribution in [0.25, 0.3) is 0 Å². The average molecular weight is 193 g/mol. The molecule has 2 rings (SSSR count). The fraction of sp³-hybridized carbons (Fsp3) is 0.545. The predicted octanol–water partition coefficient (Wildman–Crippen LogP) is 2.47. The van der Waals surface area contributed by atoms with Gasteiger partial charge in [0.2, 0.25) is 0 Å². The van der Waals surface area contributed by atoms with E-state index < -0.39 is 0 Å². The number of carbonyl (C=O) groups is 1. The Morgan fingerprint density at radius 1 is 1.36 bits per heavy atom. The standard InChI is InChI=1S/C11H15NO2/c1-9(13)11-10(5-8-14-11)12-6-3-2-4-7-12/h5,8H,2-4,6-7H2,1H3. The number of ketones is 1. The van der Waals surface area contributed by atoms with Crippen molar-refractivity contribution in [2.45, 2.75) is 26.2 Å². The van der Waals surface area contributed by atoms with Gasteiger partial charge in [0.15, 0.2) is 11.5 Å². The molecule has 0 amide bonds. The van der Waals surface area contributed by atoms with E-state index in [-0.39, 0.29) is 5.78 Å². The molecule has 2 heterocycles. The van der Waals surface area contributed by atoms with Gasteiger partial charge in [0, 0.05) is 26.1 Å². The van der Waals surface area contributed by atoms with Crippen LogP contribution in [0.3, 0.4) is 0 Å². The largest absolute Gasteiger partial charge is 0.459 e. The lowest BCUT2D eigenvalue weighted by molar-refractivity contribution is 0.0988. The van der Waals surface area contributed by atoms with Gasteiger partial charge in [-0.05, 0) is 19.3 Å². The maximum absolute atomic E-state index is 11.2. The molecule has 14 heavy (non-hydrogen) atoms. The fourth-order valence-electron chi connectivity index (χ4n) is 1.95. The lowest BCUT2D eigenvalue weighted by Gasteiger charge is -2.27. The summed E-state index contributed by atoms with van der Waals surface area (Å²) < 4.78 is 5.19. The molecule has 0 aliphatic carbocycles. The maximum atomic E-state index is 11.2. The number of piperidine rings is 1. The topological polar surface area (TPSA) is 33.5 Å². The summed E-state index contributed by atoms with van der Waals surface area (Å²) in [5.41, 5.74) is 0.970. The molecule has 1 aliphatic rings. The summed E-state index contributed by atoms with van der Waals surface area (Å²) in [4.78, 5) is 13.5. The van der Waals surface area contributed by atoms with Crippen molar-refractivity contribution >= 4 is 11.5 Å². The van der Waals surface area contributed by atoms with E-state index in [1.807, 2.05) is 6.07 Å². The summed E-state index contributed by atoms with van der Waals surface area (Å²) in [6.45, 7) is 3.63. The van der Waals surface area contributed by atoms with Gasteiger partial charge in [-0.3, -0.25) is 4.79 Å². The first-order chi connectivity index (χ1) is 6.79. The van der Waals surface area contributed by atoms with Crippen molar-refractivity contribution in [3.63, 3.8) is 0 Å². The van der Waals surface area contributed by atoms with Gasteiger partial charge in [0.05, 0.1) is 12.0 Å². The number of furan rings is 1. The summed E-state index contributed by atoms with van der Waals surface area (Å²) in [6.07, 6.45) is 5.31. The second kappa shape index (κ2) is 3.86. The lowest BCUT2D eigenvalue weighted by atomic mass is 10.1. The molecule has 3 heteroatoms. The minimum atomic E-state index is 0.00979. The molecule has 1 fully saturated rings. The molecule has 76 valence electrons. The minimum absolute atomic E-state index is 0.00979. The second-order valence-electron chi connectivity index (χ2n) is 3.74. The van der Waals surface area contributed by atoms with Crippen molar-refractivity contribution in [1.29, 1.82) is 0 Å². The molecule has 0 atom stereocenters. The van der Waals surface area contributed by atoms with E-state index in [2.05, 4.69) is 4.90 Å². The molecule has 1 saturated heterocycles. The Morgan fingerprint density at radius 3 is 2.71 bits per heavy atom. The summed E-state index contributed by atoms with van der Waals surface area (Å²) in [5, 5.41) is 0. The zero-order chi connectivity index (χ0) is 9.97. The minimum Gasteiger partial charge on any atom is -0.459 e. The molecule has 0 bridgehead atoms. The van der Waals surface area contributed by atoms with E-state index in [9.17, 15) is 4.79 Å². The normalized spacial score (nSPS) is 17.1. The monoisotopic (exact) mass is 193 g/mol. The number of hydrogen-bond acceptors (Lipinski definition) is 3. The quantitative estimate of drug-likeness (QED) is 0.676. The third-order valence-corrected chi connectivity index (χ3v) is 2.66. The number of nitrogens with zero attached hydrogens (tertiary/aromatic N) is 1. The van der Waals surface area contributed by atoms with Crippen LogP contribution in [0.2, 0.25) is 0 Å². The molecule has 0 spiro atoms. The Labute approximate surface area is 83.7 Å². The van der Waals surface area contributed by atoms with Gasteiger partial charge < -0.3 is 9.32 Å². The Balaban J connectivity index is 2.21. The van der Waals surface area contributed by atoms with E-state index in [4.69, 9.17) is 4.42 Å².